The molecule has 0 aromatic heterocycles. The molecule has 0 amide bonds. The molecule has 0 fully saturated rings. The van der Waals surface area contributed by atoms with Crippen LogP contribution in [0.4, 0.5) is 5.69 Å². The van der Waals surface area contributed by atoms with E-state index >= 15 is 0 Å². The quantitative estimate of drug-likeness (QED) is 0.718. The summed E-state index contributed by atoms with van der Waals surface area (Å²) in [6.45, 7) is 5.67. The average molecular weight is 191 g/mol. The fraction of sp³-hybridized carbons (Fsp3) is 0.538. The van der Waals surface area contributed by atoms with Crippen LogP contribution in [0.25, 0.3) is 0 Å². The molecule has 0 spiro atoms. The monoisotopic (exact) mass is 191 g/mol. The highest BCUT2D eigenvalue weighted by Gasteiger charge is 1.99. The van der Waals surface area contributed by atoms with Crippen molar-refractivity contribution in [2.75, 3.05) is 11.9 Å². The molecular weight excluding hydrogens is 170 g/mol. The maximum atomic E-state index is 3.43. The van der Waals surface area contributed by atoms with Crippen LogP contribution in [-0.4, -0.2) is 6.54 Å². The van der Waals surface area contributed by atoms with Crippen molar-refractivity contribution in [3.63, 3.8) is 0 Å². The lowest BCUT2D eigenvalue weighted by Gasteiger charge is -2.11. The van der Waals surface area contributed by atoms with E-state index in [4.69, 9.17) is 0 Å². The summed E-state index contributed by atoms with van der Waals surface area (Å²) in [5.74, 6) is 0.844. The summed E-state index contributed by atoms with van der Waals surface area (Å²) in [7, 11) is 0. The van der Waals surface area contributed by atoms with Crippen LogP contribution in [0.5, 0.6) is 0 Å². The molecule has 14 heavy (non-hydrogen) atoms. The van der Waals surface area contributed by atoms with E-state index in [1.165, 1.54) is 24.9 Å². The molecule has 1 rings (SSSR count). The van der Waals surface area contributed by atoms with Gasteiger partial charge in [-0.15, -0.1) is 0 Å². The zero-order valence-corrected chi connectivity index (χ0v) is 9.29. The SMILES string of the molecule is CCCC(C)CCNc1ccccc1. The van der Waals surface area contributed by atoms with E-state index in [0.717, 1.165) is 12.5 Å². The Balaban J connectivity index is 2.16. The van der Waals surface area contributed by atoms with Crippen LogP contribution in [0.3, 0.4) is 0 Å². The van der Waals surface area contributed by atoms with E-state index in [0.29, 0.717) is 0 Å². The van der Waals surface area contributed by atoms with E-state index in [9.17, 15) is 0 Å². The molecule has 78 valence electrons. The standard InChI is InChI=1S/C13H21N/c1-3-7-12(2)10-11-14-13-8-5-4-6-9-13/h4-6,8-9,12,14H,3,7,10-11H2,1-2H3. The first kappa shape index (κ1) is 11.1. The minimum Gasteiger partial charge on any atom is -0.385 e. The van der Waals surface area contributed by atoms with Crippen molar-refractivity contribution in [3.8, 4) is 0 Å². The van der Waals surface area contributed by atoms with Gasteiger partial charge in [-0.25, -0.2) is 0 Å². The number of hydrogen-bond acceptors (Lipinski definition) is 1. The van der Waals surface area contributed by atoms with Crippen LogP contribution in [0.1, 0.15) is 33.1 Å². The highest BCUT2D eigenvalue weighted by atomic mass is 14.9. The predicted octanol–water partition coefficient (Wildman–Crippen LogP) is 3.92. The normalized spacial score (nSPS) is 12.4. The molecule has 0 bridgehead atoms. The first-order chi connectivity index (χ1) is 6.83. The Morgan fingerprint density at radius 2 is 1.86 bits per heavy atom. The second-order valence-corrected chi connectivity index (χ2v) is 3.98. The van der Waals surface area contributed by atoms with Crippen molar-refractivity contribution in [3.05, 3.63) is 30.3 Å². The molecule has 0 radical (unpaired) electrons. The van der Waals surface area contributed by atoms with Crippen LogP contribution in [-0.2, 0) is 0 Å². The Hall–Kier alpha value is -0.980. The molecule has 1 aromatic rings. The molecule has 1 unspecified atom stereocenters. The molecule has 0 aliphatic rings. The number of rotatable bonds is 6. The van der Waals surface area contributed by atoms with Crippen LogP contribution < -0.4 is 5.32 Å². The van der Waals surface area contributed by atoms with Crippen LogP contribution in [0.15, 0.2) is 30.3 Å². The Kier molecular flexibility index (Phi) is 5.13. The molecule has 1 heteroatoms. The van der Waals surface area contributed by atoms with Gasteiger partial charge in [0.05, 0.1) is 0 Å². The maximum absolute atomic E-state index is 3.43. The summed E-state index contributed by atoms with van der Waals surface area (Å²) in [5, 5.41) is 3.43. The van der Waals surface area contributed by atoms with Gasteiger partial charge in [0.1, 0.15) is 0 Å². The smallest absolute Gasteiger partial charge is 0.0340 e. The van der Waals surface area contributed by atoms with E-state index in [-0.39, 0.29) is 0 Å². The van der Waals surface area contributed by atoms with Gasteiger partial charge in [0, 0.05) is 12.2 Å². The molecule has 0 aliphatic heterocycles. The lowest BCUT2D eigenvalue weighted by atomic mass is 10.0. The zero-order chi connectivity index (χ0) is 10.2. The molecule has 1 aromatic carbocycles. The first-order valence-electron chi connectivity index (χ1n) is 5.62. The van der Waals surface area contributed by atoms with Crippen molar-refractivity contribution in [2.45, 2.75) is 33.1 Å². The lowest BCUT2D eigenvalue weighted by Crippen LogP contribution is -2.06. The van der Waals surface area contributed by atoms with Gasteiger partial charge in [-0.1, -0.05) is 44.9 Å². The fourth-order valence-corrected chi connectivity index (χ4v) is 1.66. The zero-order valence-electron chi connectivity index (χ0n) is 9.29. The van der Waals surface area contributed by atoms with Gasteiger partial charge in [0.15, 0.2) is 0 Å². The summed E-state index contributed by atoms with van der Waals surface area (Å²) < 4.78 is 0. The summed E-state index contributed by atoms with van der Waals surface area (Å²) in [5.41, 5.74) is 1.23. The molecule has 1 nitrogen and oxygen atoms in total. The highest BCUT2D eigenvalue weighted by Crippen LogP contribution is 2.11. The van der Waals surface area contributed by atoms with Gasteiger partial charge in [-0.05, 0) is 24.5 Å². The third-order valence-corrected chi connectivity index (χ3v) is 2.52. The Morgan fingerprint density at radius 3 is 2.50 bits per heavy atom. The van der Waals surface area contributed by atoms with Gasteiger partial charge in [-0.2, -0.15) is 0 Å². The number of hydrogen-bond donors (Lipinski definition) is 1. The first-order valence-corrected chi connectivity index (χ1v) is 5.62. The molecule has 1 atom stereocenters. The summed E-state index contributed by atoms with van der Waals surface area (Å²) in [4.78, 5) is 0. The molecule has 0 aliphatic carbocycles. The van der Waals surface area contributed by atoms with Crippen molar-refractivity contribution < 1.29 is 0 Å². The topological polar surface area (TPSA) is 12.0 Å². The Labute approximate surface area is 87.5 Å². The predicted molar refractivity (Wildman–Crippen MR) is 63.6 cm³/mol. The second-order valence-electron chi connectivity index (χ2n) is 3.98. The van der Waals surface area contributed by atoms with Crippen LogP contribution >= 0.6 is 0 Å². The minimum atomic E-state index is 0.844. The van der Waals surface area contributed by atoms with E-state index in [1.54, 1.807) is 0 Å². The van der Waals surface area contributed by atoms with Gasteiger partial charge in [0.2, 0.25) is 0 Å². The van der Waals surface area contributed by atoms with Gasteiger partial charge >= 0.3 is 0 Å². The molecule has 0 saturated heterocycles. The maximum Gasteiger partial charge on any atom is 0.0340 e. The van der Waals surface area contributed by atoms with Crippen molar-refractivity contribution in [1.29, 1.82) is 0 Å². The number of anilines is 1. The van der Waals surface area contributed by atoms with Crippen LogP contribution in [0, 0.1) is 5.92 Å². The Morgan fingerprint density at radius 1 is 1.14 bits per heavy atom. The van der Waals surface area contributed by atoms with E-state index < -0.39 is 0 Å². The van der Waals surface area contributed by atoms with E-state index in [2.05, 4.69) is 43.4 Å². The second kappa shape index (κ2) is 6.47. The highest BCUT2D eigenvalue weighted by molar-refractivity contribution is 5.42. The summed E-state index contributed by atoms with van der Waals surface area (Å²) in [6, 6.07) is 10.4. The number of nitrogens with one attached hydrogen (secondary N) is 1. The third kappa shape index (κ3) is 4.31. The molecule has 0 saturated carbocycles. The summed E-state index contributed by atoms with van der Waals surface area (Å²) >= 11 is 0. The van der Waals surface area contributed by atoms with Crippen LogP contribution in [0.2, 0.25) is 0 Å². The van der Waals surface area contributed by atoms with Crippen molar-refractivity contribution in [2.24, 2.45) is 5.92 Å². The number of para-hydroxylation sites is 1. The van der Waals surface area contributed by atoms with Gasteiger partial charge in [0.25, 0.3) is 0 Å². The van der Waals surface area contributed by atoms with Gasteiger partial charge in [-0.3, -0.25) is 0 Å². The number of benzene rings is 1. The van der Waals surface area contributed by atoms with Crippen molar-refractivity contribution >= 4 is 5.69 Å². The molecular formula is C13H21N. The minimum absolute atomic E-state index is 0.844. The van der Waals surface area contributed by atoms with Crippen molar-refractivity contribution in [1.82, 2.24) is 0 Å². The summed E-state index contributed by atoms with van der Waals surface area (Å²) in [6.07, 6.45) is 3.91. The molecule has 0 heterocycles. The largest absolute Gasteiger partial charge is 0.385 e. The van der Waals surface area contributed by atoms with E-state index in [1.807, 2.05) is 6.07 Å². The third-order valence-electron chi connectivity index (χ3n) is 2.52. The fourth-order valence-electron chi connectivity index (χ4n) is 1.66. The van der Waals surface area contributed by atoms with Gasteiger partial charge < -0.3 is 5.32 Å². The lowest BCUT2D eigenvalue weighted by molar-refractivity contribution is 0.499. The average Bonchev–Trinajstić information content (AvgIpc) is 2.20. The molecule has 1 N–H and O–H groups in total. The Bertz CT molecular complexity index is 230.